The molecule has 0 aliphatic rings. The first-order valence-corrected chi connectivity index (χ1v) is 8.67. The summed E-state index contributed by atoms with van der Waals surface area (Å²) in [7, 11) is 0. The van der Waals surface area contributed by atoms with Crippen LogP contribution in [-0.2, 0) is 6.54 Å². The minimum atomic E-state index is 0.612. The summed E-state index contributed by atoms with van der Waals surface area (Å²) in [5.74, 6) is 1.61. The number of ether oxygens (including phenoxy) is 2. The fraction of sp³-hybridized carbons (Fsp3) is 0.294. The zero-order valence-corrected chi connectivity index (χ0v) is 15.6. The zero-order chi connectivity index (χ0) is 15.9. The number of nitrogens with one attached hydrogen (secondary N) is 1. The van der Waals surface area contributed by atoms with Crippen molar-refractivity contribution in [2.75, 3.05) is 18.5 Å². The van der Waals surface area contributed by atoms with Crippen LogP contribution in [0.15, 0.2) is 36.4 Å². The van der Waals surface area contributed by atoms with Gasteiger partial charge in [-0.05, 0) is 72.3 Å². The molecule has 0 bridgehead atoms. The molecule has 0 spiro atoms. The lowest BCUT2D eigenvalue weighted by Crippen LogP contribution is -2.04. The highest BCUT2D eigenvalue weighted by Gasteiger charge is 2.11. The molecule has 2 aromatic rings. The van der Waals surface area contributed by atoms with Gasteiger partial charge < -0.3 is 14.8 Å². The lowest BCUT2D eigenvalue weighted by Gasteiger charge is -2.15. The van der Waals surface area contributed by atoms with Crippen molar-refractivity contribution >= 4 is 39.9 Å². The summed E-state index contributed by atoms with van der Waals surface area (Å²) in [6.45, 7) is 5.88. The van der Waals surface area contributed by atoms with E-state index >= 15 is 0 Å². The zero-order valence-electron chi connectivity index (χ0n) is 12.7. The summed E-state index contributed by atoms with van der Waals surface area (Å²) in [5, 5.41) is 4.09. The first kappa shape index (κ1) is 17.2. The van der Waals surface area contributed by atoms with E-state index < -0.39 is 0 Å². The van der Waals surface area contributed by atoms with E-state index in [0.29, 0.717) is 19.8 Å². The predicted molar refractivity (Wildman–Crippen MR) is 100 cm³/mol. The van der Waals surface area contributed by atoms with Crippen LogP contribution in [0.25, 0.3) is 0 Å². The monoisotopic (exact) mass is 431 g/mol. The Kier molecular flexibility index (Phi) is 6.64. The molecule has 0 fully saturated rings. The Labute approximate surface area is 150 Å². The van der Waals surface area contributed by atoms with Gasteiger partial charge in [-0.25, -0.2) is 0 Å². The number of halogens is 2. The molecule has 0 saturated carbocycles. The second-order valence-electron chi connectivity index (χ2n) is 4.63. The van der Waals surface area contributed by atoms with E-state index in [1.165, 1.54) is 0 Å². The van der Waals surface area contributed by atoms with E-state index in [9.17, 15) is 0 Å². The van der Waals surface area contributed by atoms with Gasteiger partial charge in [-0.3, -0.25) is 0 Å². The van der Waals surface area contributed by atoms with Gasteiger partial charge in [0.2, 0.25) is 0 Å². The predicted octanol–water partition coefficient (Wildman–Crippen LogP) is 5.35. The molecule has 118 valence electrons. The van der Waals surface area contributed by atoms with Gasteiger partial charge in [-0.15, -0.1) is 0 Å². The van der Waals surface area contributed by atoms with Crippen LogP contribution in [0.4, 0.5) is 5.69 Å². The summed E-state index contributed by atoms with van der Waals surface area (Å²) in [6.07, 6.45) is 0. The van der Waals surface area contributed by atoms with Gasteiger partial charge in [0, 0.05) is 17.3 Å². The summed E-state index contributed by atoms with van der Waals surface area (Å²) >= 11 is 8.28. The number of hydrogen-bond donors (Lipinski definition) is 1. The maximum atomic E-state index is 6.00. The Bertz CT molecular complexity index is 634. The maximum Gasteiger partial charge on any atom is 0.174 e. The van der Waals surface area contributed by atoms with Gasteiger partial charge >= 0.3 is 0 Å². The highest BCUT2D eigenvalue weighted by atomic mass is 127. The van der Waals surface area contributed by atoms with E-state index in [0.717, 1.165) is 31.3 Å². The molecule has 0 aliphatic carbocycles. The molecule has 0 radical (unpaired) electrons. The fourth-order valence-corrected chi connectivity index (χ4v) is 3.09. The van der Waals surface area contributed by atoms with Gasteiger partial charge in [0.05, 0.1) is 16.8 Å². The van der Waals surface area contributed by atoms with Crippen LogP contribution < -0.4 is 14.8 Å². The third-order valence-electron chi connectivity index (χ3n) is 2.98. The minimum Gasteiger partial charge on any atom is -0.490 e. The minimum absolute atomic E-state index is 0.612. The van der Waals surface area contributed by atoms with Crippen LogP contribution in [-0.4, -0.2) is 13.2 Å². The first-order chi connectivity index (χ1) is 10.6. The molecule has 0 aromatic heterocycles. The molecule has 22 heavy (non-hydrogen) atoms. The molecule has 3 nitrogen and oxygen atoms in total. The van der Waals surface area contributed by atoms with E-state index in [1.54, 1.807) is 0 Å². The van der Waals surface area contributed by atoms with Crippen LogP contribution >= 0.6 is 34.2 Å². The highest BCUT2D eigenvalue weighted by Crippen LogP contribution is 2.34. The lowest BCUT2D eigenvalue weighted by molar-refractivity contribution is 0.286. The third-order valence-corrected chi connectivity index (χ3v) is 4.02. The van der Waals surface area contributed by atoms with Crippen molar-refractivity contribution in [2.45, 2.75) is 20.4 Å². The van der Waals surface area contributed by atoms with Gasteiger partial charge in [-0.1, -0.05) is 17.7 Å². The number of hydrogen-bond acceptors (Lipinski definition) is 3. The third kappa shape index (κ3) is 4.68. The SMILES string of the molecule is CCOc1cc(CNc2cccc(Cl)c2)cc(I)c1OCC. The number of benzene rings is 2. The van der Waals surface area contributed by atoms with E-state index in [4.69, 9.17) is 21.1 Å². The van der Waals surface area contributed by atoms with Gasteiger partial charge in [0.1, 0.15) is 0 Å². The average Bonchev–Trinajstić information content (AvgIpc) is 2.49. The van der Waals surface area contributed by atoms with Gasteiger partial charge in [0.25, 0.3) is 0 Å². The molecular formula is C17H19ClINO2. The normalized spacial score (nSPS) is 10.4. The van der Waals surface area contributed by atoms with Crippen molar-refractivity contribution < 1.29 is 9.47 Å². The Morgan fingerprint density at radius 3 is 2.55 bits per heavy atom. The fourth-order valence-electron chi connectivity index (χ4n) is 2.07. The lowest BCUT2D eigenvalue weighted by atomic mass is 10.2. The average molecular weight is 432 g/mol. The molecule has 0 amide bonds. The van der Waals surface area contributed by atoms with E-state index in [-0.39, 0.29) is 0 Å². The van der Waals surface area contributed by atoms with Crippen molar-refractivity contribution in [3.63, 3.8) is 0 Å². The largest absolute Gasteiger partial charge is 0.490 e. The van der Waals surface area contributed by atoms with Crippen molar-refractivity contribution in [2.24, 2.45) is 0 Å². The molecule has 0 atom stereocenters. The Morgan fingerprint density at radius 2 is 1.86 bits per heavy atom. The van der Waals surface area contributed by atoms with Crippen LogP contribution in [0.5, 0.6) is 11.5 Å². The van der Waals surface area contributed by atoms with Crippen molar-refractivity contribution in [1.82, 2.24) is 0 Å². The Hall–Kier alpha value is -1.14. The molecule has 1 N–H and O–H groups in total. The molecule has 0 unspecified atom stereocenters. The maximum absolute atomic E-state index is 6.00. The van der Waals surface area contributed by atoms with E-state index in [2.05, 4.69) is 34.0 Å². The smallest absolute Gasteiger partial charge is 0.174 e. The molecular weight excluding hydrogens is 413 g/mol. The summed E-state index contributed by atoms with van der Waals surface area (Å²) in [5.41, 5.74) is 2.13. The van der Waals surface area contributed by atoms with Crippen LogP contribution in [0.2, 0.25) is 5.02 Å². The molecule has 5 heteroatoms. The number of anilines is 1. The van der Waals surface area contributed by atoms with Crippen molar-refractivity contribution in [3.8, 4) is 11.5 Å². The first-order valence-electron chi connectivity index (χ1n) is 7.21. The summed E-state index contributed by atoms with van der Waals surface area (Å²) < 4.78 is 12.4. The quantitative estimate of drug-likeness (QED) is 0.599. The molecule has 0 saturated heterocycles. The topological polar surface area (TPSA) is 30.5 Å². The molecule has 2 aromatic carbocycles. The van der Waals surface area contributed by atoms with E-state index in [1.807, 2.05) is 44.2 Å². The van der Waals surface area contributed by atoms with Crippen LogP contribution in [0.3, 0.4) is 0 Å². The van der Waals surface area contributed by atoms with Crippen molar-refractivity contribution in [1.29, 1.82) is 0 Å². The van der Waals surface area contributed by atoms with Crippen LogP contribution in [0, 0.1) is 3.57 Å². The van der Waals surface area contributed by atoms with Crippen LogP contribution in [0.1, 0.15) is 19.4 Å². The highest BCUT2D eigenvalue weighted by molar-refractivity contribution is 14.1. The molecule has 0 aliphatic heterocycles. The second-order valence-corrected chi connectivity index (χ2v) is 6.23. The number of rotatable bonds is 7. The molecule has 0 heterocycles. The van der Waals surface area contributed by atoms with Gasteiger partial charge in [0.15, 0.2) is 11.5 Å². The van der Waals surface area contributed by atoms with Crippen molar-refractivity contribution in [3.05, 3.63) is 50.6 Å². The summed E-state index contributed by atoms with van der Waals surface area (Å²) in [6, 6.07) is 11.8. The standard InChI is InChI=1S/C17H19ClINO2/c1-3-21-16-9-12(8-15(19)17(16)22-4-2)11-20-14-7-5-6-13(18)10-14/h5-10,20H,3-4,11H2,1-2H3. The Balaban J connectivity index is 2.17. The summed E-state index contributed by atoms with van der Waals surface area (Å²) in [4.78, 5) is 0. The van der Waals surface area contributed by atoms with Gasteiger partial charge in [-0.2, -0.15) is 0 Å². The Morgan fingerprint density at radius 1 is 1.09 bits per heavy atom. The molecule has 2 rings (SSSR count). The second kappa shape index (κ2) is 8.48.